The molecular weight excluding hydrogens is 151 g/mol. The normalized spacial score (nSPS) is 8.00. The minimum Gasteiger partial charge on any atom is -0.481 e. The predicted molar refractivity (Wildman–Crippen MR) is 35.3 cm³/mol. The summed E-state index contributed by atoms with van der Waals surface area (Å²) in [6, 6.07) is 0. The second kappa shape index (κ2) is 5.46. The average Bonchev–Trinajstić information content (AvgIpc) is 1.82. The molecule has 0 bridgehead atoms. The zero-order chi connectivity index (χ0) is 8.15. The van der Waals surface area contributed by atoms with Gasteiger partial charge in [0.2, 0.25) is 5.78 Å². The van der Waals surface area contributed by atoms with Crippen LogP contribution in [0.1, 0.15) is 12.8 Å². The van der Waals surface area contributed by atoms with Crippen molar-refractivity contribution < 1.29 is 24.6 Å². The largest absolute Gasteiger partial charge is 0.481 e. The highest BCUT2D eigenvalue weighted by Gasteiger charge is 2.12. The molecule has 0 spiro atoms. The van der Waals surface area contributed by atoms with E-state index in [1.165, 1.54) is 0 Å². The van der Waals surface area contributed by atoms with E-state index in [-0.39, 0.29) is 8.41 Å². The molecule has 0 fully saturated rings. The predicted octanol–water partition coefficient (Wildman–Crippen LogP) is -0.876. The maximum atomic E-state index is 10.2. The summed E-state index contributed by atoms with van der Waals surface area (Å²) in [5.74, 6) is -3.82. The summed E-state index contributed by atoms with van der Waals surface area (Å²) in [6.45, 7) is 0. The summed E-state index contributed by atoms with van der Waals surface area (Å²) < 4.78 is 0. The Balaban J connectivity index is 0. The summed E-state index contributed by atoms with van der Waals surface area (Å²) in [5.41, 5.74) is 0. The van der Waals surface area contributed by atoms with Gasteiger partial charge in [-0.3, -0.25) is 9.59 Å². The zero-order valence-corrected chi connectivity index (χ0v) is 5.61. The van der Waals surface area contributed by atoms with Crippen molar-refractivity contribution in [3.05, 3.63) is 0 Å². The van der Waals surface area contributed by atoms with Crippen LogP contribution >= 0.6 is 0 Å². The molecule has 0 amide bonds. The minimum atomic E-state index is -1.58. The second-order valence-electron chi connectivity index (χ2n) is 1.62. The van der Waals surface area contributed by atoms with Crippen molar-refractivity contribution in [3.63, 3.8) is 0 Å². The van der Waals surface area contributed by atoms with Gasteiger partial charge in [0.15, 0.2) is 0 Å². The van der Waals surface area contributed by atoms with Gasteiger partial charge in [0, 0.05) is 14.8 Å². The van der Waals surface area contributed by atoms with E-state index < -0.39 is 30.6 Å². The minimum absolute atomic E-state index is 0. The first-order chi connectivity index (χ1) is 4.54. The molecule has 0 unspecified atom stereocenters. The first kappa shape index (κ1) is 12.4. The number of aliphatic carboxylic acids is 2. The maximum Gasteiger partial charge on any atom is 0.372 e. The lowest BCUT2D eigenvalue weighted by molar-refractivity contribution is -0.149. The van der Waals surface area contributed by atoms with Crippen molar-refractivity contribution in [2.24, 2.45) is 0 Å². The van der Waals surface area contributed by atoms with Crippen molar-refractivity contribution in [1.29, 1.82) is 0 Å². The first-order valence-electron chi connectivity index (χ1n) is 2.52. The summed E-state index contributed by atoms with van der Waals surface area (Å²) in [7, 11) is 0. The molecule has 0 rings (SSSR count). The number of Topliss-reactive ketones (excluding diaryl/α,β-unsaturated/α-hetero) is 1. The van der Waals surface area contributed by atoms with Crippen molar-refractivity contribution in [2.75, 3.05) is 0 Å². The van der Waals surface area contributed by atoms with Crippen LogP contribution in [0.2, 0.25) is 0 Å². The van der Waals surface area contributed by atoms with E-state index in [2.05, 4.69) is 0 Å². The second-order valence-corrected chi connectivity index (χ2v) is 1.62. The van der Waals surface area contributed by atoms with Crippen LogP contribution in [-0.4, -0.2) is 36.3 Å². The molecule has 59 valence electrons. The highest BCUT2D eigenvalue weighted by Crippen LogP contribution is 1.89. The molecule has 0 atom stereocenters. The Morgan fingerprint density at radius 2 is 1.45 bits per heavy atom. The van der Waals surface area contributed by atoms with Crippen LogP contribution in [0, 0.1) is 0 Å². The molecule has 3 radical (unpaired) electrons. The van der Waals surface area contributed by atoms with E-state index in [0.717, 1.165) is 0 Å². The first-order valence-corrected chi connectivity index (χ1v) is 2.52. The molecule has 6 heteroatoms. The quantitative estimate of drug-likeness (QED) is 0.408. The number of carbonyl (C=O) groups excluding carboxylic acids is 1. The fraction of sp³-hybridized carbons (Fsp3) is 0.400. The van der Waals surface area contributed by atoms with Gasteiger partial charge >= 0.3 is 11.9 Å². The summed E-state index contributed by atoms with van der Waals surface area (Å²) in [4.78, 5) is 29.7. The van der Waals surface area contributed by atoms with Gasteiger partial charge in [0.05, 0.1) is 6.42 Å². The van der Waals surface area contributed by atoms with Crippen molar-refractivity contribution in [2.45, 2.75) is 12.8 Å². The molecule has 0 heterocycles. The molecule has 5 nitrogen and oxygen atoms in total. The van der Waals surface area contributed by atoms with E-state index in [4.69, 9.17) is 10.2 Å². The number of carbonyl (C=O) groups is 3. The number of hydrogen-bond acceptors (Lipinski definition) is 3. The van der Waals surface area contributed by atoms with Crippen LogP contribution in [0.5, 0.6) is 0 Å². The van der Waals surface area contributed by atoms with Gasteiger partial charge in [-0.15, -0.1) is 0 Å². The highest BCUT2D eigenvalue weighted by molar-refractivity contribution is 6.32. The molecule has 0 aromatic carbocycles. The number of rotatable bonds is 4. The van der Waals surface area contributed by atoms with Crippen molar-refractivity contribution in [1.82, 2.24) is 0 Å². The third-order valence-electron chi connectivity index (χ3n) is 0.804. The van der Waals surface area contributed by atoms with Crippen LogP contribution in [-0.2, 0) is 14.4 Å². The molecule has 0 saturated heterocycles. The molecule has 0 aliphatic rings. The lowest BCUT2D eigenvalue weighted by Crippen LogP contribution is -2.13. The molecule has 0 aliphatic carbocycles. The van der Waals surface area contributed by atoms with Crippen molar-refractivity contribution in [3.8, 4) is 0 Å². The number of carboxylic acid groups (broad SMARTS) is 2. The van der Waals surface area contributed by atoms with Gasteiger partial charge in [0.25, 0.3) is 0 Å². The number of carboxylic acids is 2. The Morgan fingerprint density at radius 1 is 1.00 bits per heavy atom. The smallest absolute Gasteiger partial charge is 0.372 e. The fourth-order valence-electron chi connectivity index (χ4n) is 0.327. The van der Waals surface area contributed by atoms with Gasteiger partial charge < -0.3 is 10.2 Å². The SMILES string of the molecule is O=C(O)CCC(=O)C(=O)O.[B]. The third kappa shape index (κ3) is 6.56. The summed E-state index contributed by atoms with van der Waals surface area (Å²) in [5, 5.41) is 16.0. The Morgan fingerprint density at radius 3 is 1.73 bits per heavy atom. The fourth-order valence-corrected chi connectivity index (χ4v) is 0.327. The molecule has 0 saturated carbocycles. The van der Waals surface area contributed by atoms with Crippen LogP contribution in [0.3, 0.4) is 0 Å². The van der Waals surface area contributed by atoms with Gasteiger partial charge in [-0.1, -0.05) is 0 Å². The Bertz CT molecular complexity index is 176. The van der Waals surface area contributed by atoms with Crippen molar-refractivity contribution >= 4 is 26.1 Å². The van der Waals surface area contributed by atoms with E-state index in [1.807, 2.05) is 0 Å². The highest BCUT2D eigenvalue weighted by atomic mass is 16.4. The molecule has 0 aliphatic heterocycles. The third-order valence-corrected chi connectivity index (χ3v) is 0.804. The standard InChI is InChI=1S/C5H6O5.B/c6-3(5(9)10)1-2-4(7)8;/h1-2H2,(H,7,8)(H,9,10);. The summed E-state index contributed by atoms with van der Waals surface area (Å²) >= 11 is 0. The van der Waals surface area contributed by atoms with Crippen LogP contribution < -0.4 is 0 Å². The van der Waals surface area contributed by atoms with E-state index in [9.17, 15) is 14.4 Å². The summed E-state index contributed by atoms with van der Waals surface area (Å²) in [6.07, 6.45) is -0.865. The van der Waals surface area contributed by atoms with Gasteiger partial charge in [-0.2, -0.15) is 0 Å². The Kier molecular flexibility index (Phi) is 6.13. The average molecular weight is 157 g/mol. The van der Waals surface area contributed by atoms with Crippen LogP contribution in [0.25, 0.3) is 0 Å². The van der Waals surface area contributed by atoms with Gasteiger partial charge in [-0.25, -0.2) is 4.79 Å². The Hall–Kier alpha value is -1.33. The molecular formula is C5H6BO5. The Labute approximate surface area is 64.6 Å². The van der Waals surface area contributed by atoms with E-state index in [0.29, 0.717) is 0 Å². The maximum absolute atomic E-state index is 10.2. The number of hydrogen-bond donors (Lipinski definition) is 2. The van der Waals surface area contributed by atoms with E-state index >= 15 is 0 Å². The van der Waals surface area contributed by atoms with Gasteiger partial charge in [0.1, 0.15) is 0 Å². The monoisotopic (exact) mass is 157 g/mol. The van der Waals surface area contributed by atoms with Crippen LogP contribution in [0.4, 0.5) is 0 Å². The number of ketones is 1. The van der Waals surface area contributed by atoms with E-state index in [1.54, 1.807) is 0 Å². The van der Waals surface area contributed by atoms with Crippen LogP contribution in [0.15, 0.2) is 0 Å². The topological polar surface area (TPSA) is 91.7 Å². The lowest BCUT2D eigenvalue weighted by atomic mass is 10.2. The molecule has 0 aromatic heterocycles. The molecule has 2 N–H and O–H groups in total. The lowest BCUT2D eigenvalue weighted by Gasteiger charge is -1.88. The molecule has 11 heavy (non-hydrogen) atoms. The zero-order valence-electron chi connectivity index (χ0n) is 5.61. The van der Waals surface area contributed by atoms with Gasteiger partial charge in [-0.05, 0) is 0 Å². The molecule has 0 aromatic rings.